The Kier molecular flexibility index (Phi) is 5.92. The number of rotatable bonds is 7. The van der Waals surface area contributed by atoms with E-state index in [1.165, 1.54) is 36.6 Å². The zero-order chi connectivity index (χ0) is 18.6. The van der Waals surface area contributed by atoms with Gasteiger partial charge < -0.3 is 14.6 Å². The number of nitrogens with one attached hydrogen (secondary N) is 1. The second kappa shape index (κ2) is 8.17. The standard InChI is InChI=1S/C16H18ClN3O5S/c17-12-3-5-14(6-4-12)26(22,23)20(10-13-2-1-8-24-13)11-16(21)18-15-7-9-25-19-15/h3-7,9,13H,1-2,8,10-11H2,(H,18,19,21)/t13-/m1/s1. The molecule has 1 saturated heterocycles. The van der Waals surface area contributed by atoms with Crippen LogP contribution in [0, 0.1) is 0 Å². The molecular formula is C16H18ClN3O5S. The van der Waals surface area contributed by atoms with Crippen LogP contribution in [-0.2, 0) is 19.6 Å². The molecule has 0 saturated carbocycles. The van der Waals surface area contributed by atoms with E-state index in [1.54, 1.807) is 0 Å². The minimum atomic E-state index is -3.89. The van der Waals surface area contributed by atoms with Crippen LogP contribution in [0.15, 0.2) is 46.0 Å². The number of amides is 1. The average molecular weight is 400 g/mol. The van der Waals surface area contributed by atoms with Gasteiger partial charge in [-0.1, -0.05) is 16.8 Å². The van der Waals surface area contributed by atoms with Crippen molar-refractivity contribution in [3.63, 3.8) is 0 Å². The van der Waals surface area contributed by atoms with Gasteiger partial charge in [-0.05, 0) is 37.1 Å². The molecule has 1 aliphatic heterocycles. The van der Waals surface area contributed by atoms with Gasteiger partial charge in [0.15, 0.2) is 5.82 Å². The number of hydrogen-bond acceptors (Lipinski definition) is 6. The lowest BCUT2D eigenvalue weighted by Gasteiger charge is -2.24. The van der Waals surface area contributed by atoms with E-state index in [1.807, 2.05) is 0 Å². The molecule has 0 bridgehead atoms. The van der Waals surface area contributed by atoms with E-state index in [-0.39, 0.29) is 29.9 Å². The molecule has 1 aromatic carbocycles. The lowest BCUT2D eigenvalue weighted by atomic mass is 10.2. The molecule has 1 fully saturated rings. The zero-order valence-corrected chi connectivity index (χ0v) is 15.4. The molecule has 1 atom stereocenters. The number of anilines is 1. The van der Waals surface area contributed by atoms with E-state index in [0.717, 1.165) is 17.1 Å². The number of ether oxygens (including phenoxy) is 1. The van der Waals surface area contributed by atoms with E-state index < -0.39 is 15.9 Å². The van der Waals surface area contributed by atoms with Crippen LogP contribution in [0.2, 0.25) is 5.02 Å². The van der Waals surface area contributed by atoms with Crippen LogP contribution in [0.3, 0.4) is 0 Å². The van der Waals surface area contributed by atoms with Crippen LogP contribution in [0.1, 0.15) is 12.8 Å². The smallest absolute Gasteiger partial charge is 0.243 e. The Bertz CT molecular complexity index is 833. The highest BCUT2D eigenvalue weighted by Crippen LogP contribution is 2.21. The summed E-state index contributed by atoms with van der Waals surface area (Å²) in [4.78, 5) is 12.3. The fraction of sp³-hybridized carbons (Fsp3) is 0.375. The topological polar surface area (TPSA) is 102 Å². The van der Waals surface area contributed by atoms with Crippen LogP contribution >= 0.6 is 11.6 Å². The summed E-state index contributed by atoms with van der Waals surface area (Å²) >= 11 is 5.83. The monoisotopic (exact) mass is 399 g/mol. The predicted molar refractivity (Wildman–Crippen MR) is 94.3 cm³/mol. The summed E-state index contributed by atoms with van der Waals surface area (Å²) in [7, 11) is -3.89. The van der Waals surface area contributed by atoms with E-state index in [9.17, 15) is 13.2 Å². The highest BCUT2D eigenvalue weighted by Gasteiger charge is 2.30. The van der Waals surface area contributed by atoms with Crippen molar-refractivity contribution in [2.45, 2.75) is 23.8 Å². The Balaban J connectivity index is 1.79. The molecular weight excluding hydrogens is 382 g/mol. The molecule has 140 valence electrons. The largest absolute Gasteiger partial charge is 0.377 e. The average Bonchev–Trinajstić information content (AvgIpc) is 3.28. The number of sulfonamides is 1. The number of carbonyl (C=O) groups is 1. The maximum atomic E-state index is 13.0. The number of benzene rings is 1. The summed E-state index contributed by atoms with van der Waals surface area (Å²) in [6, 6.07) is 7.28. The summed E-state index contributed by atoms with van der Waals surface area (Å²) in [6.07, 6.45) is 2.68. The Morgan fingerprint density at radius 1 is 1.31 bits per heavy atom. The molecule has 0 unspecified atom stereocenters. The molecule has 2 aromatic rings. The van der Waals surface area contributed by atoms with Crippen molar-refractivity contribution in [2.24, 2.45) is 0 Å². The van der Waals surface area contributed by atoms with Crippen molar-refractivity contribution in [1.82, 2.24) is 9.46 Å². The maximum Gasteiger partial charge on any atom is 0.243 e. The van der Waals surface area contributed by atoms with Gasteiger partial charge in [0, 0.05) is 24.2 Å². The van der Waals surface area contributed by atoms with Crippen LogP contribution < -0.4 is 5.32 Å². The summed E-state index contributed by atoms with van der Waals surface area (Å²) < 4.78 is 37.3. The van der Waals surface area contributed by atoms with Crippen LogP contribution in [0.4, 0.5) is 5.82 Å². The zero-order valence-electron chi connectivity index (χ0n) is 13.8. The number of aromatic nitrogens is 1. The van der Waals surface area contributed by atoms with E-state index in [2.05, 4.69) is 15.0 Å². The first-order chi connectivity index (χ1) is 12.4. The third-order valence-electron chi connectivity index (χ3n) is 3.91. The van der Waals surface area contributed by atoms with E-state index >= 15 is 0 Å². The van der Waals surface area contributed by atoms with E-state index in [0.29, 0.717) is 11.6 Å². The van der Waals surface area contributed by atoms with Crippen molar-refractivity contribution < 1.29 is 22.5 Å². The van der Waals surface area contributed by atoms with Crippen molar-refractivity contribution in [1.29, 1.82) is 0 Å². The lowest BCUT2D eigenvalue weighted by molar-refractivity contribution is -0.116. The fourth-order valence-corrected chi connectivity index (χ4v) is 4.19. The van der Waals surface area contributed by atoms with Crippen LogP contribution in [0.5, 0.6) is 0 Å². The van der Waals surface area contributed by atoms with Gasteiger partial charge in [-0.2, -0.15) is 4.31 Å². The molecule has 1 N–H and O–H groups in total. The number of hydrogen-bond donors (Lipinski definition) is 1. The molecule has 1 aromatic heterocycles. The van der Waals surface area contributed by atoms with Crippen molar-refractivity contribution in [2.75, 3.05) is 25.0 Å². The van der Waals surface area contributed by atoms with Crippen molar-refractivity contribution in [3.8, 4) is 0 Å². The Morgan fingerprint density at radius 3 is 2.69 bits per heavy atom. The molecule has 8 nitrogen and oxygen atoms in total. The minimum Gasteiger partial charge on any atom is -0.377 e. The molecule has 1 aliphatic rings. The van der Waals surface area contributed by atoms with Gasteiger partial charge in [0.2, 0.25) is 15.9 Å². The van der Waals surface area contributed by atoms with Crippen LogP contribution in [-0.4, -0.2) is 49.6 Å². The molecule has 26 heavy (non-hydrogen) atoms. The number of halogens is 1. The second-order valence-corrected chi connectivity index (χ2v) is 8.19. The lowest BCUT2D eigenvalue weighted by Crippen LogP contribution is -2.42. The minimum absolute atomic E-state index is 0.0640. The number of carbonyl (C=O) groups excluding carboxylic acids is 1. The normalized spacial score (nSPS) is 17.5. The summed E-state index contributed by atoms with van der Waals surface area (Å²) in [6.45, 7) is 0.319. The molecule has 3 rings (SSSR count). The van der Waals surface area contributed by atoms with Crippen LogP contribution in [0.25, 0.3) is 0 Å². The molecule has 0 aliphatic carbocycles. The predicted octanol–water partition coefficient (Wildman–Crippen LogP) is 2.14. The molecule has 2 heterocycles. The fourth-order valence-electron chi connectivity index (χ4n) is 2.64. The summed E-state index contributed by atoms with van der Waals surface area (Å²) in [5.41, 5.74) is 0. The second-order valence-electron chi connectivity index (χ2n) is 5.82. The van der Waals surface area contributed by atoms with Gasteiger partial charge >= 0.3 is 0 Å². The maximum absolute atomic E-state index is 13.0. The summed E-state index contributed by atoms with van der Waals surface area (Å²) in [5.74, 6) is -0.301. The van der Waals surface area contributed by atoms with Gasteiger partial charge in [0.1, 0.15) is 6.26 Å². The first kappa shape index (κ1) is 18.8. The molecule has 10 heteroatoms. The molecule has 0 radical (unpaired) electrons. The SMILES string of the molecule is O=C(CN(C[C@H]1CCCO1)S(=O)(=O)c1ccc(Cl)cc1)Nc1ccon1. The van der Waals surface area contributed by atoms with Crippen molar-refractivity contribution >= 4 is 33.3 Å². The Morgan fingerprint density at radius 2 is 2.08 bits per heavy atom. The number of nitrogens with zero attached hydrogens (tertiary/aromatic N) is 2. The van der Waals surface area contributed by atoms with Gasteiger partial charge in [0.25, 0.3) is 0 Å². The Hall–Kier alpha value is -1.94. The van der Waals surface area contributed by atoms with Crippen molar-refractivity contribution in [3.05, 3.63) is 41.6 Å². The summed E-state index contributed by atoms with van der Waals surface area (Å²) in [5, 5.41) is 6.51. The van der Waals surface area contributed by atoms with Gasteiger partial charge in [0.05, 0.1) is 17.5 Å². The van der Waals surface area contributed by atoms with E-state index in [4.69, 9.17) is 16.3 Å². The molecule has 1 amide bonds. The quantitative estimate of drug-likeness (QED) is 0.765. The molecule has 0 spiro atoms. The third kappa shape index (κ3) is 4.61. The first-order valence-electron chi connectivity index (χ1n) is 8.03. The third-order valence-corrected chi connectivity index (χ3v) is 5.99. The highest BCUT2D eigenvalue weighted by atomic mass is 35.5. The van der Waals surface area contributed by atoms with Gasteiger partial charge in [-0.25, -0.2) is 8.42 Å². The highest BCUT2D eigenvalue weighted by molar-refractivity contribution is 7.89. The van der Waals surface area contributed by atoms with Gasteiger partial charge in [-0.3, -0.25) is 4.79 Å². The first-order valence-corrected chi connectivity index (χ1v) is 9.84. The van der Waals surface area contributed by atoms with Gasteiger partial charge in [-0.15, -0.1) is 0 Å². The Labute approximate surface area is 156 Å².